The van der Waals surface area contributed by atoms with Gasteiger partial charge in [-0.05, 0) is 94.0 Å². The molecule has 0 amide bonds. The first-order chi connectivity index (χ1) is 20.0. The summed E-state index contributed by atoms with van der Waals surface area (Å²) in [5.41, 5.74) is 1.11. The van der Waals surface area contributed by atoms with E-state index in [-0.39, 0.29) is 34.8 Å². The van der Waals surface area contributed by atoms with Crippen molar-refractivity contribution in [2.75, 3.05) is 19.8 Å². The minimum atomic E-state index is -5.08. The van der Waals surface area contributed by atoms with Crippen molar-refractivity contribution >= 4 is 34.6 Å². The summed E-state index contributed by atoms with van der Waals surface area (Å²) < 4.78 is 84.4. The summed E-state index contributed by atoms with van der Waals surface area (Å²) in [5, 5.41) is 0.231. The Bertz CT molecular complexity index is 1550. The van der Waals surface area contributed by atoms with Crippen LogP contribution in [0.2, 0.25) is 5.02 Å². The molecule has 4 nitrogen and oxygen atoms in total. The van der Waals surface area contributed by atoms with Gasteiger partial charge in [0.05, 0.1) is 34.2 Å². The molecule has 3 aromatic rings. The fraction of sp³-hybridized carbons (Fsp3) is 0.375. The molecule has 0 atom stereocenters. The monoisotopic (exact) mass is 622 g/mol. The molecule has 3 aromatic carbocycles. The van der Waals surface area contributed by atoms with Gasteiger partial charge in [-0.3, -0.25) is 0 Å². The van der Waals surface area contributed by atoms with Crippen molar-refractivity contribution in [3.8, 4) is 0 Å². The molecule has 0 aromatic heterocycles. The summed E-state index contributed by atoms with van der Waals surface area (Å²) in [6, 6.07) is 10.2. The Morgan fingerprint density at radius 2 is 1.37 bits per heavy atom. The van der Waals surface area contributed by atoms with Crippen molar-refractivity contribution in [2.24, 2.45) is 9.98 Å². The molecule has 0 aliphatic carbocycles. The second-order valence-electron chi connectivity index (χ2n) is 11.0. The second kappa shape index (κ2) is 12.2. The fourth-order valence-electron chi connectivity index (χ4n) is 5.36. The summed E-state index contributed by atoms with van der Waals surface area (Å²) in [4.78, 5) is 13.1. The van der Waals surface area contributed by atoms with Crippen molar-refractivity contribution in [1.29, 1.82) is 0 Å². The van der Waals surface area contributed by atoms with Crippen LogP contribution in [0, 0.1) is 34.6 Å². The SMILES string of the molecule is CC(=Nc1c(C)cccc1C)N1CCCN(C(=Nc2c(C)cc(C)cc2Cl)c2c(C)cc(C(F)(F)F)cc2C(F)(F)F)C1. The molecule has 1 fully saturated rings. The molecule has 0 N–H and O–H groups in total. The molecule has 1 heterocycles. The lowest BCUT2D eigenvalue weighted by atomic mass is 9.95. The van der Waals surface area contributed by atoms with Crippen LogP contribution in [-0.4, -0.2) is 41.2 Å². The topological polar surface area (TPSA) is 31.2 Å². The molecule has 4 rings (SSSR count). The van der Waals surface area contributed by atoms with Crippen LogP contribution in [0.5, 0.6) is 0 Å². The molecule has 43 heavy (non-hydrogen) atoms. The largest absolute Gasteiger partial charge is 0.417 e. The smallest absolute Gasteiger partial charge is 0.342 e. The zero-order valence-corrected chi connectivity index (χ0v) is 25.6. The van der Waals surface area contributed by atoms with E-state index in [1.165, 1.54) is 6.92 Å². The van der Waals surface area contributed by atoms with Gasteiger partial charge in [-0.1, -0.05) is 35.9 Å². The third kappa shape index (κ3) is 7.17. The van der Waals surface area contributed by atoms with Crippen LogP contribution in [-0.2, 0) is 12.4 Å². The average Bonchev–Trinajstić information content (AvgIpc) is 2.89. The van der Waals surface area contributed by atoms with Crippen molar-refractivity contribution in [2.45, 2.75) is 60.3 Å². The normalized spacial score (nSPS) is 15.4. The first-order valence-corrected chi connectivity index (χ1v) is 14.1. The minimum Gasteiger partial charge on any atom is -0.342 e. The highest BCUT2D eigenvalue weighted by Crippen LogP contribution is 2.41. The molecule has 11 heteroatoms. The number of halogens is 7. The van der Waals surface area contributed by atoms with Crippen molar-refractivity contribution in [1.82, 2.24) is 9.80 Å². The van der Waals surface area contributed by atoms with Gasteiger partial charge in [0.25, 0.3) is 0 Å². The van der Waals surface area contributed by atoms with E-state index in [4.69, 9.17) is 16.6 Å². The molecule has 0 saturated carbocycles. The van der Waals surface area contributed by atoms with Gasteiger partial charge < -0.3 is 9.80 Å². The van der Waals surface area contributed by atoms with Crippen LogP contribution in [0.3, 0.4) is 0 Å². The van der Waals surface area contributed by atoms with Gasteiger partial charge in [0.2, 0.25) is 0 Å². The number of aliphatic imine (C=N–C) groups is 2. The van der Waals surface area contributed by atoms with Crippen LogP contribution in [0.15, 0.2) is 52.4 Å². The molecule has 0 spiro atoms. The van der Waals surface area contributed by atoms with E-state index in [1.807, 2.05) is 50.8 Å². The van der Waals surface area contributed by atoms with Crippen molar-refractivity contribution in [3.63, 3.8) is 0 Å². The number of hydrogen-bond donors (Lipinski definition) is 0. The first kappa shape index (κ1) is 32.4. The Kier molecular flexibility index (Phi) is 9.21. The van der Waals surface area contributed by atoms with Gasteiger partial charge in [0.1, 0.15) is 11.7 Å². The van der Waals surface area contributed by atoms with E-state index in [2.05, 4.69) is 4.99 Å². The quantitative estimate of drug-likeness (QED) is 0.165. The van der Waals surface area contributed by atoms with Crippen LogP contribution >= 0.6 is 11.6 Å². The molecule has 0 unspecified atom stereocenters. The average molecular weight is 623 g/mol. The van der Waals surface area contributed by atoms with Crippen LogP contribution in [0.4, 0.5) is 37.7 Å². The number of alkyl halides is 6. The number of para-hydroxylation sites is 1. The maximum absolute atomic E-state index is 14.5. The summed E-state index contributed by atoms with van der Waals surface area (Å²) in [6.45, 7) is 11.6. The van der Waals surface area contributed by atoms with E-state index >= 15 is 0 Å². The number of benzene rings is 3. The highest BCUT2D eigenvalue weighted by Gasteiger charge is 2.41. The van der Waals surface area contributed by atoms with Gasteiger partial charge >= 0.3 is 12.4 Å². The predicted molar refractivity (Wildman–Crippen MR) is 160 cm³/mol. The lowest BCUT2D eigenvalue weighted by Gasteiger charge is -2.39. The lowest BCUT2D eigenvalue weighted by Crippen LogP contribution is -2.49. The predicted octanol–water partition coefficient (Wildman–Crippen LogP) is 9.71. The third-order valence-corrected chi connectivity index (χ3v) is 7.76. The second-order valence-corrected chi connectivity index (χ2v) is 11.4. The van der Waals surface area contributed by atoms with Crippen LogP contribution in [0.25, 0.3) is 0 Å². The fourth-order valence-corrected chi connectivity index (χ4v) is 5.73. The Labute approximate surface area is 252 Å². The number of aryl methyl sites for hydroxylation is 5. The Balaban J connectivity index is 1.91. The lowest BCUT2D eigenvalue weighted by molar-refractivity contribution is -0.143. The number of amidine groups is 2. The van der Waals surface area contributed by atoms with Gasteiger partial charge in [-0.2, -0.15) is 26.3 Å². The van der Waals surface area contributed by atoms with Crippen LogP contribution < -0.4 is 0 Å². The maximum Gasteiger partial charge on any atom is 0.417 e. The molecule has 0 radical (unpaired) electrons. The van der Waals surface area contributed by atoms with E-state index in [9.17, 15) is 26.3 Å². The zero-order chi connectivity index (χ0) is 31.9. The Morgan fingerprint density at radius 3 is 1.95 bits per heavy atom. The van der Waals surface area contributed by atoms with Gasteiger partial charge in [0.15, 0.2) is 0 Å². The Morgan fingerprint density at radius 1 is 0.744 bits per heavy atom. The molecule has 0 bridgehead atoms. The van der Waals surface area contributed by atoms with E-state index in [0.29, 0.717) is 30.9 Å². The highest BCUT2D eigenvalue weighted by atomic mass is 35.5. The minimum absolute atomic E-state index is 0.100. The summed E-state index contributed by atoms with van der Waals surface area (Å²) in [5.74, 6) is 0.558. The van der Waals surface area contributed by atoms with E-state index < -0.39 is 29.0 Å². The number of nitrogens with zero attached hydrogens (tertiary/aromatic N) is 4. The molecule has 1 aliphatic heterocycles. The van der Waals surface area contributed by atoms with E-state index in [1.54, 1.807) is 24.0 Å². The maximum atomic E-state index is 14.5. The van der Waals surface area contributed by atoms with Gasteiger partial charge in [0, 0.05) is 18.7 Å². The summed E-state index contributed by atoms with van der Waals surface area (Å²) in [6.07, 6.45) is -9.48. The summed E-state index contributed by atoms with van der Waals surface area (Å²) >= 11 is 6.53. The molecule has 1 saturated heterocycles. The standard InChI is InChI=1S/C32H33ClF6N4/c1-18-13-22(5)29(26(33)14-18)41-30(27-21(4)15-24(31(34,35)36)16-25(27)32(37,38)39)43-12-8-11-42(17-43)23(6)40-28-19(2)9-7-10-20(28)3/h7,9-10,13-16H,8,11-12,17H2,1-6H3. The number of hydrogen-bond acceptors (Lipinski definition) is 2. The van der Waals surface area contributed by atoms with E-state index in [0.717, 1.165) is 28.4 Å². The van der Waals surface area contributed by atoms with Crippen molar-refractivity contribution < 1.29 is 26.3 Å². The zero-order valence-electron chi connectivity index (χ0n) is 24.8. The molecular formula is C32H33ClF6N4. The Hall–Kier alpha value is -3.53. The molecular weight excluding hydrogens is 590 g/mol. The van der Waals surface area contributed by atoms with Gasteiger partial charge in [-0.25, -0.2) is 9.98 Å². The first-order valence-electron chi connectivity index (χ1n) is 13.7. The molecule has 230 valence electrons. The van der Waals surface area contributed by atoms with Crippen molar-refractivity contribution in [3.05, 3.63) is 92.0 Å². The van der Waals surface area contributed by atoms with Gasteiger partial charge in [-0.15, -0.1) is 0 Å². The highest BCUT2D eigenvalue weighted by molar-refractivity contribution is 6.33. The third-order valence-electron chi connectivity index (χ3n) is 7.48. The molecule has 1 aliphatic rings. The summed E-state index contributed by atoms with van der Waals surface area (Å²) in [7, 11) is 0. The number of rotatable bonds is 3. The van der Waals surface area contributed by atoms with Crippen LogP contribution in [0.1, 0.15) is 57.9 Å².